The normalized spacial score (nSPS) is 10.4. The van der Waals surface area contributed by atoms with Crippen LogP contribution in [-0.2, 0) is 6.54 Å². The third kappa shape index (κ3) is 2.79. The number of carbonyl (C=O) groups is 1. The molecule has 0 spiro atoms. The minimum Gasteiger partial charge on any atom is -0.472 e. The number of halogens is 2. The first kappa shape index (κ1) is 12.8. The van der Waals surface area contributed by atoms with Crippen LogP contribution in [-0.4, -0.2) is 17.9 Å². The Balaban J connectivity index is 2.12. The van der Waals surface area contributed by atoms with E-state index in [2.05, 4.69) is 15.9 Å². The van der Waals surface area contributed by atoms with E-state index >= 15 is 0 Å². The van der Waals surface area contributed by atoms with Gasteiger partial charge in [-0.1, -0.05) is 0 Å². The van der Waals surface area contributed by atoms with Crippen molar-refractivity contribution in [3.63, 3.8) is 0 Å². The van der Waals surface area contributed by atoms with E-state index in [4.69, 9.17) is 4.42 Å². The Bertz CT molecular complexity index is 554. The van der Waals surface area contributed by atoms with Crippen LogP contribution >= 0.6 is 15.9 Å². The first-order chi connectivity index (χ1) is 8.58. The molecule has 0 bridgehead atoms. The summed E-state index contributed by atoms with van der Waals surface area (Å²) >= 11 is 3.06. The van der Waals surface area contributed by atoms with Crippen molar-refractivity contribution in [1.29, 1.82) is 0 Å². The Morgan fingerprint density at radius 1 is 1.44 bits per heavy atom. The summed E-state index contributed by atoms with van der Waals surface area (Å²) in [6, 6.07) is 6.01. The van der Waals surface area contributed by atoms with Crippen LogP contribution in [0.4, 0.5) is 4.39 Å². The van der Waals surface area contributed by atoms with Crippen LogP contribution < -0.4 is 0 Å². The van der Waals surface area contributed by atoms with E-state index < -0.39 is 0 Å². The van der Waals surface area contributed by atoms with Gasteiger partial charge in [0.25, 0.3) is 5.91 Å². The largest absolute Gasteiger partial charge is 0.472 e. The smallest absolute Gasteiger partial charge is 0.253 e. The zero-order valence-corrected chi connectivity index (χ0v) is 11.3. The summed E-state index contributed by atoms with van der Waals surface area (Å²) in [5, 5.41) is 0. The summed E-state index contributed by atoms with van der Waals surface area (Å²) in [6.07, 6.45) is 3.15. The molecule has 0 aliphatic heterocycles. The molecule has 0 aliphatic rings. The summed E-state index contributed by atoms with van der Waals surface area (Å²) in [6.45, 7) is 0.449. The van der Waals surface area contributed by atoms with Crippen LogP contribution in [0.3, 0.4) is 0 Å². The van der Waals surface area contributed by atoms with Crippen LogP contribution in [0, 0.1) is 5.82 Å². The van der Waals surface area contributed by atoms with E-state index in [9.17, 15) is 9.18 Å². The molecule has 0 saturated carbocycles. The molecule has 5 heteroatoms. The topological polar surface area (TPSA) is 33.5 Å². The van der Waals surface area contributed by atoms with Crippen molar-refractivity contribution in [2.75, 3.05) is 7.05 Å². The minimum atomic E-state index is -0.385. The molecule has 2 rings (SSSR count). The van der Waals surface area contributed by atoms with Crippen LogP contribution in [0.1, 0.15) is 15.9 Å². The highest BCUT2D eigenvalue weighted by atomic mass is 79.9. The van der Waals surface area contributed by atoms with E-state index in [1.54, 1.807) is 30.5 Å². The lowest BCUT2D eigenvalue weighted by atomic mass is 10.2. The van der Waals surface area contributed by atoms with Crippen molar-refractivity contribution in [3.8, 4) is 0 Å². The predicted molar refractivity (Wildman–Crippen MR) is 68.6 cm³/mol. The number of amides is 1. The standard InChI is InChI=1S/C13H11BrFNO2/c1-16(7-9-4-5-18-8-9)13(17)10-2-3-12(15)11(14)6-10/h2-6,8H,7H2,1H3. The number of hydrogen-bond acceptors (Lipinski definition) is 2. The van der Waals surface area contributed by atoms with Crippen molar-refractivity contribution >= 4 is 21.8 Å². The second-order valence-electron chi connectivity index (χ2n) is 3.92. The molecule has 1 aromatic heterocycles. The van der Waals surface area contributed by atoms with Crippen LogP contribution in [0.25, 0.3) is 0 Å². The molecule has 1 amide bonds. The zero-order chi connectivity index (χ0) is 13.1. The van der Waals surface area contributed by atoms with Gasteiger partial charge in [-0.2, -0.15) is 0 Å². The van der Waals surface area contributed by atoms with Crippen molar-refractivity contribution in [2.45, 2.75) is 6.54 Å². The number of hydrogen-bond donors (Lipinski definition) is 0. The van der Waals surface area contributed by atoms with Gasteiger partial charge in [0.2, 0.25) is 0 Å². The zero-order valence-electron chi connectivity index (χ0n) is 9.69. The van der Waals surface area contributed by atoms with Gasteiger partial charge in [-0.15, -0.1) is 0 Å². The highest BCUT2D eigenvalue weighted by molar-refractivity contribution is 9.10. The van der Waals surface area contributed by atoms with Gasteiger partial charge in [-0.3, -0.25) is 4.79 Å². The van der Waals surface area contributed by atoms with Gasteiger partial charge in [0.05, 0.1) is 17.0 Å². The maximum Gasteiger partial charge on any atom is 0.253 e. The number of rotatable bonds is 3. The third-order valence-corrected chi connectivity index (χ3v) is 3.12. The highest BCUT2D eigenvalue weighted by Gasteiger charge is 2.13. The summed E-state index contributed by atoms with van der Waals surface area (Å²) < 4.78 is 18.3. The van der Waals surface area contributed by atoms with Gasteiger partial charge in [0.1, 0.15) is 5.82 Å². The Hall–Kier alpha value is -1.62. The SMILES string of the molecule is CN(Cc1ccoc1)C(=O)c1ccc(F)c(Br)c1. The fraction of sp³-hybridized carbons (Fsp3) is 0.154. The molecule has 18 heavy (non-hydrogen) atoms. The second-order valence-corrected chi connectivity index (χ2v) is 4.78. The number of furan rings is 1. The lowest BCUT2D eigenvalue weighted by molar-refractivity contribution is 0.0785. The number of nitrogens with zero attached hydrogens (tertiary/aromatic N) is 1. The maximum atomic E-state index is 13.1. The molecule has 0 N–H and O–H groups in total. The van der Waals surface area contributed by atoms with Crippen molar-refractivity contribution in [1.82, 2.24) is 4.90 Å². The average Bonchev–Trinajstić information content (AvgIpc) is 2.84. The minimum absolute atomic E-state index is 0.170. The predicted octanol–water partition coefficient (Wildman–Crippen LogP) is 3.45. The highest BCUT2D eigenvalue weighted by Crippen LogP contribution is 2.18. The fourth-order valence-electron chi connectivity index (χ4n) is 1.58. The molecule has 94 valence electrons. The molecule has 0 atom stereocenters. The lowest BCUT2D eigenvalue weighted by Gasteiger charge is -2.16. The summed E-state index contributed by atoms with van der Waals surface area (Å²) in [4.78, 5) is 13.6. The van der Waals surface area contributed by atoms with Gasteiger partial charge in [0.15, 0.2) is 0 Å². The van der Waals surface area contributed by atoms with Gasteiger partial charge < -0.3 is 9.32 Å². The Labute approximate surface area is 112 Å². The lowest BCUT2D eigenvalue weighted by Crippen LogP contribution is -2.26. The van der Waals surface area contributed by atoms with Crippen LogP contribution in [0.2, 0.25) is 0 Å². The van der Waals surface area contributed by atoms with Crippen molar-refractivity contribution in [3.05, 3.63) is 58.2 Å². The number of benzene rings is 1. The van der Waals surface area contributed by atoms with Crippen molar-refractivity contribution in [2.24, 2.45) is 0 Å². The van der Waals surface area contributed by atoms with E-state index in [0.717, 1.165) is 5.56 Å². The Morgan fingerprint density at radius 2 is 2.22 bits per heavy atom. The molecule has 0 aliphatic carbocycles. The molecule has 0 unspecified atom stereocenters. The number of carbonyl (C=O) groups excluding carboxylic acids is 1. The first-order valence-corrected chi connectivity index (χ1v) is 6.09. The first-order valence-electron chi connectivity index (χ1n) is 5.29. The molecule has 0 radical (unpaired) electrons. The Kier molecular flexibility index (Phi) is 3.81. The van der Waals surface area contributed by atoms with Gasteiger partial charge in [0, 0.05) is 24.7 Å². The Morgan fingerprint density at radius 3 is 2.83 bits per heavy atom. The second kappa shape index (κ2) is 5.35. The summed E-state index contributed by atoms with van der Waals surface area (Å²) in [5.74, 6) is -0.555. The molecule has 1 heterocycles. The molecule has 1 aromatic carbocycles. The van der Waals surface area contributed by atoms with E-state index in [0.29, 0.717) is 12.1 Å². The third-order valence-electron chi connectivity index (χ3n) is 2.51. The van der Waals surface area contributed by atoms with Crippen LogP contribution in [0.5, 0.6) is 0 Å². The molecule has 0 fully saturated rings. The van der Waals surface area contributed by atoms with Gasteiger partial charge in [-0.25, -0.2) is 4.39 Å². The van der Waals surface area contributed by atoms with E-state index in [-0.39, 0.29) is 16.2 Å². The molecule has 3 nitrogen and oxygen atoms in total. The average molecular weight is 312 g/mol. The fourth-order valence-corrected chi connectivity index (χ4v) is 1.96. The van der Waals surface area contributed by atoms with E-state index in [1.165, 1.54) is 18.2 Å². The molecular weight excluding hydrogens is 301 g/mol. The van der Waals surface area contributed by atoms with Gasteiger partial charge >= 0.3 is 0 Å². The maximum absolute atomic E-state index is 13.1. The molecular formula is C13H11BrFNO2. The summed E-state index contributed by atoms with van der Waals surface area (Å²) in [5.41, 5.74) is 1.35. The van der Waals surface area contributed by atoms with Gasteiger partial charge in [-0.05, 0) is 40.2 Å². The van der Waals surface area contributed by atoms with Crippen molar-refractivity contribution < 1.29 is 13.6 Å². The van der Waals surface area contributed by atoms with E-state index in [1.807, 2.05) is 0 Å². The summed E-state index contributed by atoms with van der Waals surface area (Å²) in [7, 11) is 1.69. The molecule has 0 saturated heterocycles. The van der Waals surface area contributed by atoms with Crippen LogP contribution in [0.15, 0.2) is 45.7 Å². The molecule has 2 aromatic rings. The monoisotopic (exact) mass is 311 g/mol. The quantitative estimate of drug-likeness (QED) is 0.870.